The van der Waals surface area contributed by atoms with Gasteiger partial charge in [-0.1, -0.05) is 40.9 Å². The Morgan fingerprint density at radius 1 is 1.11 bits per heavy atom. The van der Waals surface area contributed by atoms with E-state index in [1.165, 1.54) is 10.7 Å². The van der Waals surface area contributed by atoms with Gasteiger partial charge in [-0.3, -0.25) is 9.48 Å². The third-order valence-corrected chi connectivity index (χ3v) is 4.84. The SMILES string of the molecule is O=C(Nc1nn(Cc2c(Cl)cccc2Cl)cc1Cl)c1cnn2cccnc12. The Hall–Kier alpha value is -2.61. The van der Waals surface area contributed by atoms with E-state index in [1.54, 1.807) is 47.5 Å². The van der Waals surface area contributed by atoms with E-state index in [2.05, 4.69) is 20.5 Å². The summed E-state index contributed by atoms with van der Waals surface area (Å²) in [4.78, 5) is 16.7. The van der Waals surface area contributed by atoms with Crippen molar-refractivity contribution >= 4 is 52.2 Å². The maximum absolute atomic E-state index is 12.6. The van der Waals surface area contributed by atoms with E-state index in [4.69, 9.17) is 34.8 Å². The summed E-state index contributed by atoms with van der Waals surface area (Å²) in [5, 5.41) is 12.4. The van der Waals surface area contributed by atoms with Gasteiger partial charge in [-0.25, -0.2) is 9.50 Å². The van der Waals surface area contributed by atoms with Gasteiger partial charge >= 0.3 is 0 Å². The van der Waals surface area contributed by atoms with Crippen molar-refractivity contribution in [2.45, 2.75) is 6.54 Å². The van der Waals surface area contributed by atoms with Crippen molar-refractivity contribution < 1.29 is 4.79 Å². The lowest BCUT2D eigenvalue weighted by atomic mass is 10.2. The summed E-state index contributed by atoms with van der Waals surface area (Å²) in [6, 6.07) is 6.98. The number of nitrogens with one attached hydrogen (secondary N) is 1. The topological polar surface area (TPSA) is 77.1 Å². The fourth-order valence-corrected chi connectivity index (χ4v) is 3.29. The molecule has 0 bridgehead atoms. The number of aromatic nitrogens is 5. The third kappa shape index (κ3) is 3.49. The molecule has 10 heteroatoms. The Balaban J connectivity index is 1.58. The van der Waals surface area contributed by atoms with Crippen molar-refractivity contribution in [1.82, 2.24) is 24.4 Å². The molecule has 0 unspecified atom stereocenters. The summed E-state index contributed by atoms with van der Waals surface area (Å²) in [5.41, 5.74) is 1.47. The first-order chi connectivity index (χ1) is 13.0. The molecule has 0 aliphatic rings. The monoisotopic (exact) mass is 420 g/mol. The van der Waals surface area contributed by atoms with Gasteiger partial charge in [-0.15, -0.1) is 0 Å². The number of fused-ring (bicyclic) bond motifs is 1. The van der Waals surface area contributed by atoms with E-state index < -0.39 is 5.91 Å². The Bertz CT molecular complexity index is 1130. The molecule has 0 fully saturated rings. The average molecular weight is 422 g/mol. The highest BCUT2D eigenvalue weighted by atomic mass is 35.5. The Morgan fingerprint density at radius 3 is 2.67 bits per heavy atom. The van der Waals surface area contributed by atoms with E-state index >= 15 is 0 Å². The first kappa shape index (κ1) is 17.8. The molecule has 27 heavy (non-hydrogen) atoms. The van der Waals surface area contributed by atoms with E-state index in [9.17, 15) is 4.79 Å². The number of halogens is 3. The van der Waals surface area contributed by atoms with Crippen molar-refractivity contribution in [1.29, 1.82) is 0 Å². The second-order valence-electron chi connectivity index (χ2n) is 5.62. The number of rotatable bonds is 4. The third-order valence-electron chi connectivity index (χ3n) is 3.85. The lowest BCUT2D eigenvalue weighted by Crippen LogP contribution is -2.13. The summed E-state index contributed by atoms with van der Waals surface area (Å²) in [7, 11) is 0. The zero-order valence-corrected chi connectivity index (χ0v) is 15.9. The predicted molar refractivity (Wildman–Crippen MR) is 104 cm³/mol. The van der Waals surface area contributed by atoms with Crippen LogP contribution < -0.4 is 5.32 Å². The molecule has 0 saturated heterocycles. The normalized spacial score (nSPS) is 11.1. The largest absolute Gasteiger partial charge is 0.304 e. The van der Waals surface area contributed by atoms with Gasteiger partial charge in [0.2, 0.25) is 0 Å². The molecule has 1 N–H and O–H groups in total. The number of benzene rings is 1. The van der Waals surface area contributed by atoms with Crippen molar-refractivity contribution in [2.75, 3.05) is 5.32 Å². The van der Waals surface area contributed by atoms with Crippen LogP contribution in [-0.2, 0) is 6.54 Å². The minimum absolute atomic E-state index is 0.222. The van der Waals surface area contributed by atoms with Crippen LogP contribution in [0, 0.1) is 0 Å². The van der Waals surface area contributed by atoms with Gasteiger partial charge in [-0.05, 0) is 18.2 Å². The zero-order valence-electron chi connectivity index (χ0n) is 13.6. The Kier molecular flexibility index (Phi) is 4.73. The van der Waals surface area contributed by atoms with Crippen molar-refractivity contribution in [3.05, 3.63) is 75.2 Å². The van der Waals surface area contributed by atoms with E-state index in [-0.39, 0.29) is 10.8 Å². The average Bonchev–Trinajstić information content (AvgIpc) is 3.22. The van der Waals surface area contributed by atoms with Gasteiger partial charge in [0.25, 0.3) is 5.91 Å². The van der Waals surface area contributed by atoms with Crippen molar-refractivity contribution in [2.24, 2.45) is 0 Å². The predicted octanol–water partition coefficient (Wildman–Crippen LogP) is 4.19. The molecular formula is C17H11Cl3N6O. The van der Waals surface area contributed by atoms with E-state index in [0.29, 0.717) is 33.4 Å². The number of hydrogen-bond donors (Lipinski definition) is 1. The van der Waals surface area contributed by atoms with Gasteiger partial charge in [-0.2, -0.15) is 10.2 Å². The summed E-state index contributed by atoms with van der Waals surface area (Å²) in [5.74, 6) is -0.188. The highest BCUT2D eigenvalue weighted by Crippen LogP contribution is 2.27. The van der Waals surface area contributed by atoms with Crippen LogP contribution in [0.15, 0.2) is 49.1 Å². The molecule has 0 radical (unpaired) electrons. The molecule has 0 spiro atoms. The maximum Gasteiger partial charge on any atom is 0.262 e. The van der Waals surface area contributed by atoms with Crippen LogP contribution in [0.4, 0.5) is 5.82 Å². The van der Waals surface area contributed by atoms with Crippen LogP contribution in [0.2, 0.25) is 15.1 Å². The molecule has 4 aromatic rings. The summed E-state index contributed by atoms with van der Waals surface area (Å²) >= 11 is 18.6. The molecule has 136 valence electrons. The molecule has 3 heterocycles. The lowest BCUT2D eigenvalue weighted by molar-refractivity contribution is 0.102. The quantitative estimate of drug-likeness (QED) is 0.536. The fraction of sp³-hybridized carbons (Fsp3) is 0.0588. The maximum atomic E-state index is 12.6. The van der Waals surface area contributed by atoms with Crippen LogP contribution in [0.25, 0.3) is 5.65 Å². The van der Waals surface area contributed by atoms with Crippen LogP contribution in [0.1, 0.15) is 15.9 Å². The lowest BCUT2D eigenvalue weighted by Gasteiger charge is -2.06. The molecule has 1 amide bonds. The molecule has 1 aromatic carbocycles. The number of carbonyl (C=O) groups excluding carboxylic acids is 1. The van der Waals surface area contributed by atoms with Gasteiger partial charge < -0.3 is 5.32 Å². The van der Waals surface area contributed by atoms with E-state index in [0.717, 1.165) is 0 Å². The van der Waals surface area contributed by atoms with Crippen molar-refractivity contribution in [3.63, 3.8) is 0 Å². The van der Waals surface area contributed by atoms with Gasteiger partial charge in [0.05, 0.1) is 12.7 Å². The highest BCUT2D eigenvalue weighted by molar-refractivity contribution is 6.36. The van der Waals surface area contributed by atoms with Gasteiger partial charge in [0, 0.05) is 34.2 Å². The minimum Gasteiger partial charge on any atom is -0.304 e. The Labute approximate surface area is 168 Å². The second-order valence-corrected chi connectivity index (χ2v) is 6.85. The number of nitrogens with zero attached hydrogens (tertiary/aromatic N) is 5. The number of carbonyl (C=O) groups is 1. The summed E-state index contributed by atoms with van der Waals surface area (Å²) in [6.07, 6.45) is 6.31. The first-order valence-electron chi connectivity index (χ1n) is 7.78. The number of amides is 1. The van der Waals surface area contributed by atoms with Gasteiger partial charge in [0.15, 0.2) is 11.5 Å². The van der Waals surface area contributed by atoms with Crippen LogP contribution in [0.5, 0.6) is 0 Å². The number of hydrogen-bond acceptors (Lipinski definition) is 4. The molecule has 0 atom stereocenters. The van der Waals surface area contributed by atoms with Crippen LogP contribution in [-0.4, -0.2) is 30.3 Å². The number of anilines is 1. The zero-order chi connectivity index (χ0) is 19.0. The molecule has 0 saturated carbocycles. The Morgan fingerprint density at radius 2 is 1.89 bits per heavy atom. The van der Waals surface area contributed by atoms with E-state index in [1.807, 2.05) is 0 Å². The standard InChI is InChI=1S/C17H11Cl3N6O/c18-12-3-1-4-13(19)11(12)8-25-9-14(20)15(24-25)23-17(27)10-7-22-26-6-2-5-21-16(10)26/h1-7,9H,8H2,(H,23,24,27). The minimum atomic E-state index is -0.411. The van der Waals surface area contributed by atoms with Gasteiger partial charge in [0.1, 0.15) is 10.6 Å². The summed E-state index contributed by atoms with van der Waals surface area (Å²) < 4.78 is 3.06. The smallest absolute Gasteiger partial charge is 0.262 e. The molecule has 0 aliphatic heterocycles. The molecular weight excluding hydrogens is 411 g/mol. The first-order valence-corrected chi connectivity index (χ1v) is 8.92. The summed E-state index contributed by atoms with van der Waals surface area (Å²) in [6.45, 7) is 0.312. The van der Waals surface area contributed by atoms with Crippen molar-refractivity contribution in [3.8, 4) is 0 Å². The molecule has 4 rings (SSSR count). The van der Waals surface area contributed by atoms with Crippen LogP contribution >= 0.6 is 34.8 Å². The second kappa shape index (κ2) is 7.19. The molecule has 7 nitrogen and oxygen atoms in total. The van der Waals surface area contributed by atoms with Crippen LogP contribution in [0.3, 0.4) is 0 Å². The fourth-order valence-electron chi connectivity index (χ4n) is 2.57. The highest BCUT2D eigenvalue weighted by Gasteiger charge is 2.17. The molecule has 3 aromatic heterocycles. The molecule has 0 aliphatic carbocycles.